The van der Waals surface area contributed by atoms with Gasteiger partial charge < -0.3 is 5.32 Å². The van der Waals surface area contributed by atoms with Crippen molar-refractivity contribution in [3.05, 3.63) is 17.5 Å². The molecule has 1 N–H and O–H groups in total. The van der Waals surface area contributed by atoms with Crippen molar-refractivity contribution in [2.45, 2.75) is 47.6 Å². The molecule has 3 nitrogen and oxygen atoms in total. The van der Waals surface area contributed by atoms with Gasteiger partial charge in [0.25, 0.3) is 0 Å². The Morgan fingerprint density at radius 1 is 1.41 bits per heavy atom. The molecule has 0 saturated carbocycles. The maximum absolute atomic E-state index is 4.45. The monoisotopic (exact) mass is 237 g/mol. The highest BCUT2D eigenvalue weighted by Crippen LogP contribution is 2.24. The second-order valence-electron chi connectivity index (χ2n) is 6.00. The maximum Gasteiger partial charge on any atom is 0.0625 e. The molecule has 0 bridgehead atoms. The van der Waals surface area contributed by atoms with E-state index in [0.717, 1.165) is 19.5 Å². The minimum Gasteiger partial charge on any atom is -0.311 e. The van der Waals surface area contributed by atoms with E-state index in [0.29, 0.717) is 11.3 Å². The molecule has 1 heterocycles. The summed E-state index contributed by atoms with van der Waals surface area (Å²) in [5, 5.41) is 7.98. The van der Waals surface area contributed by atoms with E-state index in [9.17, 15) is 0 Å². The Morgan fingerprint density at radius 3 is 2.53 bits per heavy atom. The summed E-state index contributed by atoms with van der Waals surface area (Å²) in [5.74, 6) is 0.668. The van der Waals surface area contributed by atoms with Crippen LogP contribution in [0.1, 0.15) is 46.0 Å². The summed E-state index contributed by atoms with van der Waals surface area (Å²) >= 11 is 0. The lowest BCUT2D eigenvalue weighted by Gasteiger charge is -2.27. The molecule has 0 saturated heterocycles. The molecular weight excluding hydrogens is 210 g/mol. The normalized spacial score (nSPS) is 14.0. The quantitative estimate of drug-likeness (QED) is 0.853. The second kappa shape index (κ2) is 5.67. The first kappa shape index (κ1) is 14.2. The van der Waals surface area contributed by atoms with E-state index >= 15 is 0 Å². The van der Waals surface area contributed by atoms with Crippen LogP contribution in [0.5, 0.6) is 0 Å². The number of rotatable bonds is 5. The molecule has 0 spiro atoms. The largest absolute Gasteiger partial charge is 0.311 e. The molecule has 0 amide bonds. The van der Waals surface area contributed by atoms with Crippen LogP contribution in [0.4, 0.5) is 0 Å². The zero-order valence-electron chi connectivity index (χ0n) is 12.2. The van der Waals surface area contributed by atoms with E-state index < -0.39 is 0 Å². The van der Waals surface area contributed by atoms with Crippen molar-refractivity contribution >= 4 is 0 Å². The molecule has 1 atom stereocenters. The number of nitrogens with zero attached hydrogens (tertiary/aromatic N) is 2. The van der Waals surface area contributed by atoms with Crippen LogP contribution in [0.3, 0.4) is 0 Å². The molecule has 1 aromatic heterocycles. The molecule has 0 aliphatic heterocycles. The van der Waals surface area contributed by atoms with Gasteiger partial charge >= 0.3 is 0 Å². The number of nitrogens with one attached hydrogen (secondary N) is 1. The van der Waals surface area contributed by atoms with Crippen molar-refractivity contribution in [3.8, 4) is 0 Å². The standard InChI is InChI=1S/C14H27N3/c1-7-12-8-13(17(6)16-12)10-15-9-11(2)14(3,4)5/h8,11,15H,7,9-10H2,1-6H3. The highest BCUT2D eigenvalue weighted by atomic mass is 15.3. The van der Waals surface area contributed by atoms with Crippen molar-refractivity contribution in [3.63, 3.8) is 0 Å². The average molecular weight is 237 g/mol. The van der Waals surface area contributed by atoms with Gasteiger partial charge in [-0.2, -0.15) is 5.10 Å². The van der Waals surface area contributed by atoms with Crippen LogP contribution in [-0.2, 0) is 20.0 Å². The van der Waals surface area contributed by atoms with Gasteiger partial charge in [0.1, 0.15) is 0 Å². The van der Waals surface area contributed by atoms with Crippen molar-refractivity contribution in [1.82, 2.24) is 15.1 Å². The predicted octanol–water partition coefficient (Wildman–Crippen LogP) is 2.75. The predicted molar refractivity (Wildman–Crippen MR) is 72.9 cm³/mol. The van der Waals surface area contributed by atoms with Crippen molar-refractivity contribution < 1.29 is 0 Å². The Balaban J connectivity index is 2.43. The molecule has 0 radical (unpaired) electrons. The Hall–Kier alpha value is -0.830. The fraction of sp³-hybridized carbons (Fsp3) is 0.786. The van der Waals surface area contributed by atoms with Gasteiger partial charge in [0.15, 0.2) is 0 Å². The SMILES string of the molecule is CCc1cc(CNCC(C)C(C)(C)C)n(C)n1. The smallest absolute Gasteiger partial charge is 0.0625 e. The van der Waals surface area contributed by atoms with Crippen LogP contribution in [0, 0.1) is 11.3 Å². The molecule has 0 aliphatic rings. The molecule has 1 unspecified atom stereocenters. The summed E-state index contributed by atoms with van der Waals surface area (Å²) in [4.78, 5) is 0. The van der Waals surface area contributed by atoms with Crippen LogP contribution in [0.25, 0.3) is 0 Å². The molecular formula is C14H27N3. The van der Waals surface area contributed by atoms with Gasteiger partial charge in [-0.1, -0.05) is 34.6 Å². The highest BCUT2D eigenvalue weighted by molar-refractivity contribution is 5.09. The van der Waals surface area contributed by atoms with Crippen molar-refractivity contribution in [2.75, 3.05) is 6.54 Å². The number of hydrogen-bond donors (Lipinski definition) is 1. The third kappa shape index (κ3) is 4.15. The fourth-order valence-corrected chi connectivity index (χ4v) is 1.63. The van der Waals surface area contributed by atoms with Crippen LogP contribution >= 0.6 is 0 Å². The average Bonchev–Trinajstić information content (AvgIpc) is 2.58. The number of aromatic nitrogens is 2. The topological polar surface area (TPSA) is 29.9 Å². The molecule has 17 heavy (non-hydrogen) atoms. The lowest BCUT2D eigenvalue weighted by Crippen LogP contribution is -2.29. The molecule has 98 valence electrons. The van der Waals surface area contributed by atoms with E-state index in [1.54, 1.807) is 0 Å². The Bertz CT molecular complexity index is 347. The molecule has 0 fully saturated rings. The first-order valence-electron chi connectivity index (χ1n) is 6.57. The lowest BCUT2D eigenvalue weighted by atomic mass is 9.82. The molecule has 0 aliphatic carbocycles. The van der Waals surface area contributed by atoms with Gasteiger partial charge in [-0.05, 0) is 30.4 Å². The minimum atomic E-state index is 0.369. The summed E-state index contributed by atoms with van der Waals surface area (Å²) in [6.45, 7) is 13.3. The second-order valence-corrected chi connectivity index (χ2v) is 6.00. The molecule has 1 rings (SSSR count). The lowest BCUT2D eigenvalue weighted by molar-refractivity contribution is 0.252. The summed E-state index contributed by atoms with van der Waals surface area (Å²) in [6, 6.07) is 2.19. The third-order valence-electron chi connectivity index (χ3n) is 3.62. The van der Waals surface area contributed by atoms with Gasteiger partial charge in [-0.3, -0.25) is 4.68 Å². The Labute approximate surface area is 106 Å². The van der Waals surface area contributed by atoms with Crippen LogP contribution in [0.2, 0.25) is 0 Å². The van der Waals surface area contributed by atoms with E-state index in [1.165, 1.54) is 11.4 Å². The van der Waals surface area contributed by atoms with E-state index in [4.69, 9.17) is 0 Å². The van der Waals surface area contributed by atoms with Gasteiger partial charge in [0.05, 0.1) is 11.4 Å². The molecule has 3 heteroatoms. The molecule has 1 aromatic rings. The van der Waals surface area contributed by atoms with E-state index in [2.05, 4.69) is 51.1 Å². The molecule has 0 aromatic carbocycles. The zero-order valence-corrected chi connectivity index (χ0v) is 12.2. The van der Waals surface area contributed by atoms with Crippen LogP contribution in [0.15, 0.2) is 6.07 Å². The van der Waals surface area contributed by atoms with E-state index in [1.807, 2.05) is 11.7 Å². The summed E-state index contributed by atoms with van der Waals surface area (Å²) in [5.41, 5.74) is 2.81. The minimum absolute atomic E-state index is 0.369. The van der Waals surface area contributed by atoms with Gasteiger partial charge in [0.2, 0.25) is 0 Å². The van der Waals surface area contributed by atoms with Crippen molar-refractivity contribution in [1.29, 1.82) is 0 Å². The first-order chi connectivity index (χ1) is 7.84. The van der Waals surface area contributed by atoms with Gasteiger partial charge in [0, 0.05) is 13.6 Å². The summed E-state index contributed by atoms with van der Waals surface area (Å²) < 4.78 is 1.98. The van der Waals surface area contributed by atoms with Crippen LogP contribution in [-0.4, -0.2) is 16.3 Å². The third-order valence-corrected chi connectivity index (χ3v) is 3.62. The summed E-state index contributed by atoms with van der Waals surface area (Å²) in [7, 11) is 2.02. The Kier molecular flexibility index (Phi) is 4.75. The fourth-order valence-electron chi connectivity index (χ4n) is 1.63. The summed E-state index contributed by atoms with van der Waals surface area (Å²) in [6.07, 6.45) is 1.01. The highest BCUT2D eigenvalue weighted by Gasteiger charge is 2.19. The van der Waals surface area contributed by atoms with E-state index in [-0.39, 0.29) is 0 Å². The van der Waals surface area contributed by atoms with Crippen molar-refractivity contribution in [2.24, 2.45) is 18.4 Å². The Morgan fingerprint density at radius 2 is 2.06 bits per heavy atom. The van der Waals surface area contributed by atoms with Crippen LogP contribution < -0.4 is 5.32 Å². The van der Waals surface area contributed by atoms with Gasteiger partial charge in [-0.15, -0.1) is 0 Å². The maximum atomic E-state index is 4.45. The van der Waals surface area contributed by atoms with Gasteiger partial charge in [-0.25, -0.2) is 0 Å². The number of hydrogen-bond acceptors (Lipinski definition) is 2. The first-order valence-corrected chi connectivity index (χ1v) is 6.57. The zero-order chi connectivity index (χ0) is 13.1. The number of aryl methyl sites for hydroxylation is 2.